The van der Waals surface area contributed by atoms with Crippen molar-refractivity contribution < 1.29 is 8.42 Å². The summed E-state index contributed by atoms with van der Waals surface area (Å²) < 4.78 is 27.9. The minimum atomic E-state index is -3.76. The topological polar surface area (TPSA) is 85.1 Å². The number of hydrogen-bond acceptors (Lipinski definition) is 4. The van der Waals surface area contributed by atoms with Crippen molar-refractivity contribution in [3.8, 4) is 0 Å². The van der Waals surface area contributed by atoms with E-state index in [0.29, 0.717) is 14.6 Å². The Morgan fingerprint density at radius 1 is 1.16 bits per heavy atom. The van der Waals surface area contributed by atoms with Gasteiger partial charge in [-0.15, -0.1) is 0 Å². The van der Waals surface area contributed by atoms with Crippen LogP contribution in [0.25, 0.3) is 0 Å². The van der Waals surface area contributed by atoms with Gasteiger partial charge in [-0.25, -0.2) is 13.4 Å². The van der Waals surface area contributed by atoms with E-state index in [2.05, 4.69) is 41.6 Å². The maximum Gasteiger partial charge on any atom is 0.264 e. The summed E-state index contributed by atoms with van der Waals surface area (Å²) in [7, 11) is -3.76. The highest BCUT2D eigenvalue weighted by Crippen LogP contribution is 2.27. The Morgan fingerprint density at radius 3 is 2.58 bits per heavy atom. The van der Waals surface area contributed by atoms with E-state index in [1.165, 1.54) is 12.3 Å². The molecule has 0 aliphatic carbocycles. The van der Waals surface area contributed by atoms with Crippen molar-refractivity contribution >= 4 is 53.4 Å². The lowest BCUT2D eigenvalue weighted by Gasteiger charge is -2.10. The molecule has 0 bridgehead atoms. The van der Waals surface area contributed by atoms with Crippen molar-refractivity contribution in [2.75, 3.05) is 10.5 Å². The van der Waals surface area contributed by atoms with Gasteiger partial charge < -0.3 is 5.73 Å². The minimum absolute atomic E-state index is 0.0602. The Labute approximate surface area is 127 Å². The normalized spacial score (nSPS) is 11.3. The van der Waals surface area contributed by atoms with Gasteiger partial charge >= 0.3 is 0 Å². The molecule has 0 radical (unpaired) electrons. The zero-order valence-corrected chi connectivity index (χ0v) is 13.5. The molecule has 0 spiro atoms. The number of aromatic nitrogens is 1. The van der Waals surface area contributed by atoms with Gasteiger partial charge in [0.15, 0.2) is 5.82 Å². The fraction of sp³-hybridized carbons (Fsp3) is 0. The Balaban J connectivity index is 2.44. The molecule has 2 aromatic rings. The number of sulfonamides is 1. The number of anilines is 2. The smallest absolute Gasteiger partial charge is 0.264 e. The Kier molecular flexibility index (Phi) is 4.12. The lowest BCUT2D eigenvalue weighted by molar-refractivity contribution is 0.600. The molecular formula is C11H9Br2N3O2S. The first-order valence-corrected chi connectivity index (χ1v) is 8.15. The summed E-state index contributed by atoms with van der Waals surface area (Å²) in [6, 6.07) is 7.96. The fourth-order valence-electron chi connectivity index (χ4n) is 1.37. The molecule has 0 fully saturated rings. The summed E-state index contributed by atoms with van der Waals surface area (Å²) >= 11 is 6.42. The largest absolute Gasteiger partial charge is 0.399 e. The summed E-state index contributed by atoms with van der Waals surface area (Å²) in [4.78, 5) is 4.02. The highest BCUT2D eigenvalue weighted by atomic mass is 79.9. The molecule has 0 saturated heterocycles. The highest BCUT2D eigenvalue weighted by Gasteiger charge is 2.19. The molecule has 0 saturated carbocycles. The van der Waals surface area contributed by atoms with Gasteiger partial charge in [0.25, 0.3) is 10.0 Å². The number of halogens is 2. The molecule has 1 heterocycles. The second kappa shape index (κ2) is 5.48. The van der Waals surface area contributed by atoms with Gasteiger partial charge in [0, 0.05) is 16.4 Å². The molecule has 1 aromatic carbocycles. The Morgan fingerprint density at radius 2 is 1.89 bits per heavy atom. The van der Waals surface area contributed by atoms with Gasteiger partial charge in [-0.3, -0.25) is 4.72 Å². The lowest BCUT2D eigenvalue weighted by atomic mass is 10.3. The predicted octanol–water partition coefficient (Wildman–Crippen LogP) is 2.99. The van der Waals surface area contributed by atoms with Gasteiger partial charge in [0.1, 0.15) is 4.90 Å². The van der Waals surface area contributed by atoms with Crippen LogP contribution in [0.3, 0.4) is 0 Å². The van der Waals surface area contributed by atoms with Crippen LogP contribution < -0.4 is 10.5 Å². The number of hydrogen-bond donors (Lipinski definition) is 2. The predicted molar refractivity (Wildman–Crippen MR) is 81.3 cm³/mol. The van der Waals surface area contributed by atoms with Gasteiger partial charge in [-0.1, -0.05) is 0 Å². The average molecular weight is 407 g/mol. The van der Waals surface area contributed by atoms with Crippen molar-refractivity contribution in [1.29, 1.82) is 0 Å². The zero-order valence-electron chi connectivity index (χ0n) is 9.47. The van der Waals surface area contributed by atoms with E-state index in [9.17, 15) is 8.42 Å². The first kappa shape index (κ1) is 14.3. The molecule has 0 amide bonds. The first-order chi connectivity index (χ1) is 8.90. The van der Waals surface area contributed by atoms with Crippen LogP contribution in [-0.4, -0.2) is 13.4 Å². The van der Waals surface area contributed by atoms with Crippen LogP contribution in [0.4, 0.5) is 11.5 Å². The summed E-state index contributed by atoms with van der Waals surface area (Å²) in [5.41, 5.74) is 5.97. The molecule has 1 aromatic heterocycles. The quantitative estimate of drug-likeness (QED) is 0.767. The third kappa shape index (κ3) is 3.26. The van der Waals surface area contributed by atoms with Gasteiger partial charge in [-0.2, -0.15) is 0 Å². The monoisotopic (exact) mass is 405 g/mol. The Hall–Kier alpha value is -1.12. The SMILES string of the molecule is Nc1ccc(Br)c(S(=O)(=O)Nc2ncccc2Br)c1. The van der Waals surface area contributed by atoms with Crippen LogP contribution in [-0.2, 0) is 10.0 Å². The molecule has 5 nitrogen and oxygen atoms in total. The summed E-state index contributed by atoms with van der Waals surface area (Å²) in [5.74, 6) is 0.219. The molecule has 0 aliphatic heterocycles. The molecule has 19 heavy (non-hydrogen) atoms. The number of nitrogen functional groups attached to an aromatic ring is 1. The van der Waals surface area contributed by atoms with Crippen molar-refractivity contribution in [2.24, 2.45) is 0 Å². The highest BCUT2D eigenvalue weighted by molar-refractivity contribution is 9.11. The van der Waals surface area contributed by atoms with Crippen molar-refractivity contribution in [3.63, 3.8) is 0 Å². The van der Waals surface area contributed by atoms with E-state index < -0.39 is 10.0 Å². The van der Waals surface area contributed by atoms with Crippen LogP contribution in [0.15, 0.2) is 50.4 Å². The van der Waals surface area contributed by atoms with Crippen LogP contribution >= 0.6 is 31.9 Å². The van der Waals surface area contributed by atoms with Crippen molar-refractivity contribution in [1.82, 2.24) is 4.98 Å². The second-order valence-electron chi connectivity index (χ2n) is 3.63. The van der Waals surface area contributed by atoms with E-state index in [0.717, 1.165) is 0 Å². The van der Waals surface area contributed by atoms with Gasteiger partial charge in [0.05, 0.1) is 4.47 Å². The standard InChI is InChI=1S/C11H9Br2N3O2S/c12-8-4-3-7(14)6-10(8)19(17,18)16-11-9(13)2-1-5-15-11/h1-6H,14H2,(H,15,16). The number of nitrogens with zero attached hydrogens (tertiary/aromatic N) is 1. The number of pyridine rings is 1. The fourth-order valence-corrected chi connectivity index (χ4v) is 3.88. The third-order valence-electron chi connectivity index (χ3n) is 2.23. The molecule has 3 N–H and O–H groups in total. The van der Waals surface area contributed by atoms with Crippen LogP contribution in [0, 0.1) is 0 Å². The molecule has 100 valence electrons. The minimum Gasteiger partial charge on any atom is -0.399 e. The van der Waals surface area contributed by atoms with Gasteiger partial charge in [-0.05, 0) is 62.2 Å². The average Bonchev–Trinajstić information content (AvgIpc) is 2.35. The maximum atomic E-state index is 12.3. The number of nitrogens with two attached hydrogens (primary N) is 1. The molecule has 0 atom stereocenters. The zero-order chi connectivity index (χ0) is 14.0. The summed E-state index contributed by atoms with van der Waals surface area (Å²) in [6.07, 6.45) is 1.50. The van der Waals surface area contributed by atoms with E-state index in [1.807, 2.05) is 0 Å². The van der Waals surface area contributed by atoms with E-state index in [4.69, 9.17) is 5.73 Å². The van der Waals surface area contributed by atoms with E-state index in [1.54, 1.807) is 24.3 Å². The molecule has 8 heteroatoms. The maximum absolute atomic E-state index is 12.3. The van der Waals surface area contributed by atoms with Crippen LogP contribution in [0.2, 0.25) is 0 Å². The molecule has 0 unspecified atom stereocenters. The lowest BCUT2D eigenvalue weighted by Crippen LogP contribution is -2.15. The molecule has 0 aliphatic rings. The number of nitrogens with one attached hydrogen (secondary N) is 1. The second-order valence-corrected chi connectivity index (χ2v) is 6.99. The summed E-state index contributed by atoms with van der Waals surface area (Å²) in [6.45, 7) is 0. The third-order valence-corrected chi connectivity index (χ3v) is 5.21. The van der Waals surface area contributed by atoms with Crippen LogP contribution in [0.5, 0.6) is 0 Å². The van der Waals surface area contributed by atoms with E-state index in [-0.39, 0.29) is 10.7 Å². The first-order valence-electron chi connectivity index (χ1n) is 5.08. The van der Waals surface area contributed by atoms with Crippen molar-refractivity contribution in [2.45, 2.75) is 4.90 Å². The Bertz CT molecular complexity index is 720. The number of rotatable bonds is 3. The molecular weight excluding hydrogens is 398 g/mol. The number of benzene rings is 1. The van der Waals surface area contributed by atoms with Gasteiger partial charge in [0.2, 0.25) is 0 Å². The van der Waals surface area contributed by atoms with Crippen molar-refractivity contribution in [3.05, 3.63) is 45.5 Å². The molecule has 2 rings (SSSR count). The summed E-state index contributed by atoms with van der Waals surface area (Å²) in [5, 5.41) is 0. The van der Waals surface area contributed by atoms with E-state index >= 15 is 0 Å². The van der Waals surface area contributed by atoms with Crippen LogP contribution in [0.1, 0.15) is 0 Å².